The summed E-state index contributed by atoms with van der Waals surface area (Å²) in [5.41, 5.74) is 0.412. The van der Waals surface area contributed by atoms with Crippen molar-refractivity contribution in [3.8, 4) is 0 Å². The number of rotatable bonds is 5. The minimum absolute atomic E-state index is 0.412. The van der Waals surface area contributed by atoms with Crippen molar-refractivity contribution in [1.29, 1.82) is 0 Å². The quantitative estimate of drug-likeness (QED) is 0.738. The molecule has 0 aliphatic rings. The lowest BCUT2D eigenvalue weighted by atomic mass is 10.2. The van der Waals surface area contributed by atoms with Crippen molar-refractivity contribution in [2.45, 2.75) is 13.3 Å². The van der Waals surface area contributed by atoms with Crippen LogP contribution >= 0.6 is 0 Å². The molecule has 0 saturated heterocycles. The van der Waals surface area contributed by atoms with Gasteiger partial charge in [-0.05, 0) is 25.1 Å². The molecular weight excluding hydrogens is 196 g/mol. The highest BCUT2D eigenvalue weighted by Gasteiger charge is 1.98. The molecule has 15 heavy (non-hydrogen) atoms. The Kier molecular flexibility index (Phi) is 4.98. The summed E-state index contributed by atoms with van der Waals surface area (Å²) in [6.07, 6.45) is 4.54. The van der Waals surface area contributed by atoms with E-state index in [4.69, 9.17) is 0 Å². The first-order chi connectivity index (χ1) is 7.24. The van der Waals surface area contributed by atoms with Gasteiger partial charge in [0, 0.05) is 18.2 Å². The summed E-state index contributed by atoms with van der Waals surface area (Å²) in [5, 5.41) is 3.15. The molecular formula is C12H15F2N. The van der Waals surface area contributed by atoms with Crippen LogP contribution in [0.1, 0.15) is 18.9 Å². The number of hydrogen-bond donors (Lipinski definition) is 1. The van der Waals surface area contributed by atoms with Crippen molar-refractivity contribution in [2.24, 2.45) is 0 Å². The summed E-state index contributed by atoms with van der Waals surface area (Å²) in [5.74, 6) is -1.07. The highest BCUT2D eigenvalue weighted by atomic mass is 19.1. The standard InChI is InChI=1S/C12H15F2N/c1-2-7-15-8-3-4-10-5-6-11(13)9-12(10)14/h3-6,9,15H,2,7-8H2,1H3. The Bertz CT molecular complexity index is 334. The van der Waals surface area contributed by atoms with Crippen LogP contribution in [0.2, 0.25) is 0 Å². The molecule has 0 heterocycles. The molecule has 0 spiro atoms. The third kappa shape index (κ3) is 4.21. The average Bonchev–Trinajstić information content (AvgIpc) is 2.20. The highest BCUT2D eigenvalue weighted by molar-refractivity contribution is 5.49. The third-order valence-corrected chi connectivity index (χ3v) is 1.95. The second-order valence-electron chi connectivity index (χ2n) is 3.27. The van der Waals surface area contributed by atoms with E-state index >= 15 is 0 Å². The van der Waals surface area contributed by atoms with E-state index in [9.17, 15) is 8.78 Å². The normalized spacial score (nSPS) is 11.1. The molecule has 1 nitrogen and oxygen atoms in total. The molecule has 0 atom stereocenters. The van der Waals surface area contributed by atoms with Crippen LogP contribution in [0.3, 0.4) is 0 Å². The van der Waals surface area contributed by atoms with Crippen LogP contribution in [0.4, 0.5) is 8.78 Å². The molecule has 0 radical (unpaired) electrons. The summed E-state index contributed by atoms with van der Waals surface area (Å²) >= 11 is 0. The highest BCUT2D eigenvalue weighted by Crippen LogP contribution is 2.10. The van der Waals surface area contributed by atoms with E-state index in [0.29, 0.717) is 12.1 Å². The maximum Gasteiger partial charge on any atom is 0.133 e. The van der Waals surface area contributed by atoms with Gasteiger partial charge in [0.25, 0.3) is 0 Å². The number of benzene rings is 1. The zero-order chi connectivity index (χ0) is 11.1. The van der Waals surface area contributed by atoms with Gasteiger partial charge in [-0.1, -0.05) is 19.1 Å². The van der Waals surface area contributed by atoms with Gasteiger partial charge in [0.1, 0.15) is 11.6 Å². The molecule has 1 aromatic rings. The first-order valence-electron chi connectivity index (χ1n) is 5.06. The van der Waals surface area contributed by atoms with Crippen molar-refractivity contribution in [3.63, 3.8) is 0 Å². The number of nitrogens with one attached hydrogen (secondary N) is 1. The maximum atomic E-state index is 13.1. The van der Waals surface area contributed by atoms with Gasteiger partial charge in [0.2, 0.25) is 0 Å². The molecule has 3 heteroatoms. The van der Waals surface area contributed by atoms with Gasteiger partial charge in [0.15, 0.2) is 0 Å². The molecule has 1 N–H and O–H groups in total. The molecule has 0 amide bonds. The Morgan fingerprint density at radius 3 is 2.80 bits per heavy atom. The zero-order valence-electron chi connectivity index (χ0n) is 8.76. The summed E-state index contributed by atoms with van der Waals surface area (Å²) < 4.78 is 25.7. The molecule has 0 aromatic heterocycles. The van der Waals surface area contributed by atoms with Crippen LogP contribution in [0.25, 0.3) is 6.08 Å². The van der Waals surface area contributed by atoms with Gasteiger partial charge in [0.05, 0.1) is 0 Å². The van der Waals surface area contributed by atoms with Crippen LogP contribution in [-0.4, -0.2) is 13.1 Å². The molecule has 1 rings (SSSR count). The average molecular weight is 211 g/mol. The second kappa shape index (κ2) is 6.30. The third-order valence-electron chi connectivity index (χ3n) is 1.95. The molecule has 82 valence electrons. The molecule has 1 aromatic carbocycles. The van der Waals surface area contributed by atoms with Gasteiger partial charge in [-0.25, -0.2) is 8.78 Å². The van der Waals surface area contributed by atoms with E-state index in [2.05, 4.69) is 12.2 Å². The van der Waals surface area contributed by atoms with E-state index in [1.807, 2.05) is 6.08 Å². The van der Waals surface area contributed by atoms with Crippen molar-refractivity contribution >= 4 is 6.08 Å². The van der Waals surface area contributed by atoms with E-state index in [-0.39, 0.29) is 0 Å². The number of hydrogen-bond acceptors (Lipinski definition) is 1. The van der Waals surface area contributed by atoms with Crippen molar-refractivity contribution in [2.75, 3.05) is 13.1 Å². The topological polar surface area (TPSA) is 12.0 Å². The van der Waals surface area contributed by atoms with Crippen LogP contribution in [-0.2, 0) is 0 Å². The van der Waals surface area contributed by atoms with Crippen LogP contribution in [0.15, 0.2) is 24.3 Å². The maximum absolute atomic E-state index is 13.1. The zero-order valence-corrected chi connectivity index (χ0v) is 8.76. The van der Waals surface area contributed by atoms with E-state index in [0.717, 1.165) is 19.0 Å². The molecule has 0 bridgehead atoms. The van der Waals surface area contributed by atoms with Gasteiger partial charge < -0.3 is 5.32 Å². The minimum atomic E-state index is -0.547. The van der Waals surface area contributed by atoms with E-state index < -0.39 is 11.6 Å². The van der Waals surface area contributed by atoms with E-state index in [1.54, 1.807) is 6.08 Å². The van der Waals surface area contributed by atoms with Crippen molar-refractivity contribution < 1.29 is 8.78 Å². The smallest absolute Gasteiger partial charge is 0.133 e. The van der Waals surface area contributed by atoms with Gasteiger partial charge in [-0.3, -0.25) is 0 Å². The predicted octanol–water partition coefficient (Wildman–Crippen LogP) is 2.98. The van der Waals surface area contributed by atoms with Crippen LogP contribution in [0, 0.1) is 11.6 Å². The SMILES string of the molecule is CCCNCC=Cc1ccc(F)cc1F. The summed E-state index contributed by atoms with van der Waals surface area (Å²) in [6.45, 7) is 3.72. The fourth-order valence-electron chi connectivity index (χ4n) is 1.18. The van der Waals surface area contributed by atoms with Crippen LogP contribution in [0.5, 0.6) is 0 Å². The monoisotopic (exact) mass is 211 g/mol. The first kappa shape index (κ1) is 11.9. The summed E-state index contributed by atoms with van der Waals surface area (Å²) in [7, 11) is 0. The fourth-order valence-corrected chi connectivity index (χ4v) is 1.18. The summed E-state index contributed by atoms with van der Waals surface area (Å²) in [6, 6.07) is 3.57. The lowest BCUT2D eigenvalue weighted by molar-refractivity contribution is 0.581. The Hall–Kier alpha value is -1.22. The number of halogens is 2. The largest absolute Gasteiger partial charge is 0.313 e. The van der Waals surface area contributed by atoms with Crippen molar-refractivity contribution in [3.05, 3.63) is 41.5 Å². The molecule has 0 fully saturated rings. The summed E-state index contributed by atoms with van der Waals surface area (Å²) in [4.78, 5) is 0. The fraction of sp³-hybridized carbons (Fsp3) is 0.333. The minimum Gasteiger partial charge on any atom is -0.313 e. The molecule has 0 unspecified atom stereocenters. The molecule has 0 saturated carbocycles. The Balaban J connectivity index is 2.49. The predicted molar refractivity (Wildman–Crippen MR) is 58.6 cm³/mol. The van der Waals surface area contributed by atoms with Crippen LogP contribution < -0.4 is 5.32 Å². The Morgan fingerprint density at radius 1 is 1.33 bits per heavy atom. The van der Waals surface area contributed by atoms with Gasteiger partial charge >= 0.3 is 0 Å². The van der Waals surface area contributed by atoms with Gasteiger partial charge in [-0.2, -0.15) is 0 Å². The molecule has 0 aliphatic heterocycles. The Morgan fingerprint density at radius 2 is 2.13 bits per heavy atom. The van der Waals surface area contributed by atoms with E-state index in [1.165, 1.54) is 12.1 Å². The first-order valence-corrected chi connectivity index (χ1v) is 5.06. The van der Waals surface area contributed by atoms with Gasteiger partial charge in [-0.15, -0.1) is 0 Å². The second-order valence-corrected chi connectivity index (χ2v) is 3.27. The lowest BCUT2D eigenvalue weighted by Gasteiger charge is -1.98. The van der Waals surface area contributed by atoms with Crippen molar-refractivity contribution in [1.82, 2.24) is 5.32 Å². The molecule has 0 aliphatic carbocycles. The lowest BCUT2D eigenvalue weighted by Crippen LogP contribution is -2.13. The Labute approximate surface area is 88.8 Å².